The fraction of sp³-hybridized carbons (Fsp3) is 1.00. The van der Waals surface area contributed by atoms with Crippen molar-refractivity contribution in [1.82, 2.24) is 0 Å². The van der Waals surface area contributed by atoms with Gasteiger partial charge in [0.25, 0.3) is 0 Å². The van der Waals surface area contributed by atoms with Crippen molar-refractivity contribution in [3.8, 4) is 0 Å². The summed E-state index contributed by atoms with van der Waals surface area (Å²) >= 11 is 8.62. The Hall–Kier alpha value is 0.797. The summed E-state index contributed by atoms with van der Waals surface area (Å²) in [7, 11) is 2.11. The van der Waals surface area contributed by atoms with Crippen molar-refractivity contribution in [1.29, 1.82) is 0 Å². The third kappa shape index (κ3) is 2.64. The van der Waals surface area contributed by atoms with E-state index in [2.05, 4.69) is 25.3 Å². The van der Waals surface area contributed by atoms with Gasteiger partial charge in [-0.15, -0.1) is 0 Å². The molecule has 0 radical (unpaired) electrons. The number of hydrogen-bond acceptors (Lipinski definition) is 5. The minimum atomic E-state index is -2.60. The summed E-state index contributed by atoms with van der Waals surface area (Å²) in [6.07, 6.45) is 0. The molecule has 0 bridgehead atoms. The van der Waals surface area contributed by atoms with Crippen LogP contribution in [-0.4, -0.2) is 40.3 Å². The quantitative estimate of drug-likeness (QED) is 0.543. The van der Waals surface area contributed by atoms with Crippen LogP contribution in [0.1, 0.15) is 6.92 Å². The third-order valence-electron chi connectivity index (χ3n) is 1.67. The molecule has 0 saturated carbocycles. The highest BCUT2D eigenvalue weighted by molar-refractivity contribution is 7.86. The molecule has 0 spiro atoms. The fourth-order valence-electron chi connectivity index (χ4n) is 0.908. The second kappa shape index (κ2) is 5.51. The first-order chi connectivity index (χ1) is 5.54. The maximum Gasteiger partial charge on any atom is 0.514 e. The maximum atomic E-state index is 5.23. The molecule has 0 aromatic rings. The van der Waals surface area contributed by atoms with Crippen LogP contribution in [0.15, 0.2) is 0 Å². The van der Waals surface area contributed by atoms with Gasteiger partial charge in [-0.2, -0.15) is 25.3 Å². The Morgan fingerprint density at radius 1 is 1.00 bits per heavy atom. The summed E-state index contributed by atoms with van der Waals surface area (Å²) in [5.41, 5.74) is 0. The van der Waals surface area contributed by atoms with Gasteiger partial charge in [0, 0.05) is 26.6 Å². The van der Waals surface area contributed by atoms with Crippen LogP contribution in [0, 0.1) is 0 Å². The van der Waals surface area contributed by atoms with Crippen molar-refractivity contribution >= 4 is 34.1 Å². The predicted molar refractivity (Wildman–Crippen MR) is 58.0 cm³/mol. The van der Waals surface area contributed by atoms with Gasteiger partial charge in [0.1, 0.15) is 0 Å². The molecule has 0 aliphatic rings. The molecule has 74 valence electrons. The Morgan fingerprint density at radius 3 is 1.42 bits per heavy atom. The topological polar surface area (TPSA) is 27.7 Å². The van der Waals surface area contributed by atoms with Crippen molar-refractivity contribution in [2.75, 3.05) is 21.3 Å². The Bertz CT molecular complexity index is 122. The van der Waals surface area contributed by atoms with Crippen LogP contribution >= 0.6 is 25.3 Å². The van der Waals surface area contributed by atoms with Gasteiger partial charge < -0.3 is 13.3 Å². The molecule has 0 aromatic carbocycles. The normalized spacial score (nSPS) is 17.5. The van der Waals surface area contributed by atoms with Gasteiger partial charge in [0.2, 0.25) is 0 Å². The molecule has 0 aliphatic heterocycles. The zero-order valence-corrected chi connectivity index (χ0v) is 10.6. The molecule has 0 N–H and O–H groups in total. The molecular weight excluding hydrogens is 212 g/mol. The Morgan fingerprint density at radius 2 is 1.33 bits per heavy atom. The molecule has 2 unspecified atom stereocenters. The van der Waals surface area contributed by atoms with Crippen molar-refractivity contribution in [2.24, 2.45) is 0 Å². The van der Waals surface area contributed by atoms with E-state index in [0.717, 1.165) is 0 Å². The highest BCUT2D eigenvalue weighted by Gasteiger charge is 2.47. The summed E-state index contributed by atoms with van der Waals surface area (Å²) in [5.74, 6) is 0. The van der Waals surface area contributed by atoms with Gasteiger partial charge >= 0.3 is 8.80 Å². The smallest absolute Gasteiger partial charge is 0.376 e. The van der Waals surface area contributed by atoms with Crippen LogP contribution in [-0.2, 0) is 13.3 Å². The van der Waals surface area contributed by atoms with Gasteiger partial charge in [-0.05, 0) is 0 Å². The minimum absolute atomic E-state index is 0.0693. The van der Waals surface area contributed by atoms with Crippen LogP contribution in [0.3, 0.4) is 0 Å². The number of rotatable bonds is 5. The SMILES string of the molecule is CO[Si](OC)(OC)C(S)C(C)S. The maximum absolute atomic E-state index is 5.23. The molecule has 6 heteroatoms. The summed E-state index contributed by atoms with van der Waals surface area (Å²) in [5, 5.41) is 0.0693. The first-order valence-corrected chi connectivity index (χ1v) is 6.39. The van der Waals surface area contributed by atoms with Gasteiger partial charge in [-0.1, -0.05) is 6.92 Å². The van der Waals surface area contributed by atoms with Crippen LogP contribution in [0.5, 0.6) is 0 Å². The molecule has 0 saturated heterocycles. The zero-order chi connectivity index (χ0) is 9.78. The van der Waals surface area contributed by atoms with E-state index >= 15 is 0 Å². The van der Waals surface area contributed by atoms with E-state index in [1.807, 2.05) is 6.92 Å². The van der Waals surface area contributed by atoms with Crippen LogP contribution < -0.4 is 0 Å². The number of hydrogen-bond donors (Lipinski definition) is 2. The lowest BCUT2D eigenvalue weighted by atomic mass is 10.5. The molecule has 0 fully saturated rings. The highest BCUT2D eigenvalue weighted by atomic mass is 32.1. The monoisotopic (exact) mass is 228 g/mol. The predicted octanol–water partition coefficient (Wildman–Crippen LogP) is 1.02. The number of thiol groups is 2. The molecule has 3 nitrogen and oxygen atoms in total. The first kappa shape index (κ1) is 12.8. The average molecular weight is 228 g/mol. The third-order valence-corrected chi connectivity index (χ3v) is 6.81. The molecule has 0 amide bonds. The summed E-state index contributed by atoms with van der Waals surface area (Å²) < 4.78 is 15.7. The van der Waals surface area contributed by atoms with Crippen molar-refractivity contribution < 1.29 is 13.3 Å². The van der Waals surface area contributed by atoms with Gasteiger partial charge in [-0.3, -0.25) is 0 Å². The molecule has 0 aliphatic carbocycles. The zero-order valence-electron chi connectivity index (χ0n) is 7.77. The summed E-state index contributed by atoms with van der Waals surface area (Å²) in [6, 6.07) is 0. The fourth-order valence-corrected chi connectivity index (χ4v) is 4.22. The highest BCUT2D eigenvalue weighted by Crippen LogP contribution is 2.22. The molecule has 0 aromatic heterocycles. The van der Waals surface area contributed by atoms with E-state index in [1.54, 1.807) is 21.3 Å². The molecule has 2 atom stereocenters. The molecular formula is C6H16O3S2Si. The van der Waals surface area contributed by atoms with E-state index in [9.17, 15) is 0 Å². The van der Waals surface area contributed by atoms with Crippen LogP contribution in [0.4, 0.5) is 0 Å². The minimum Gasteiger partial charge on any atom is -0.376 e. The molecule has 0 rings (SSSR count). The first-order valence-electron chi connectivity index (χ1n) is 3.55. The van der Waals surface area contributed by atoms with Crippen LogP contribution in [0.2, 0.25) is 0 Å². The van der Waals surface area contributed by atoms with E-state index in [0.29, 0.717) is 0 Å². The Balaban J connectivity index is 4.46. The average Bonchev–Trinajstić information content (AvgIpc) is 2.08. The Labute approximate surface area is 86.0 Å². The van der Waals surface area contributed by atoms with Crippen molar-refractivity contribution in [3.63, 3.8) is 0 Å². The van der Waals surface area contributed by atoms with E-state index in [4.69, 9.17) is 13.3 Å². The van der Waals surface area contributed by atoms with Gasteiger partial charge in [0.15, 0.2) is 0 Å². The molecule has 0 heterocycles. The second-order valence-corrected chi connectivity index (χ2v) is 7.31. The lowest BCUT2D eigenvalue weighted by molar-refractivity contribution is 0.122. The van der Waals surface area contributed by atoms with Crippen molar-refractivity contribution in [2.45, 2.75) is 17.0 Å². The van der Waals surface area contributed by atoms with E-state index in [1.165, 1.54) is 0 Å². The van der Waals surface area contributed by atoms with Crippen molar-refractivity contribution in [3.05, 3.63) is 0 Å². The van der Waals surface area contributed by atoms with Gasteiger partial charge in [0.05, 0.1) is 4.87 Å². The van der Waals surface area contributed by atoms with Crippen LogP contribution in [0.25, 0.3) is 0 Å². The van der Waals surface area contributed by atoms with E-state index in [-0.39, 0.29) is 10.1 Å². The van der Waals surface area contributed by atoms with E-state index < -0.39 is 8.80 Å². The van der Waals surface area contributed by atoms with Gasteiger partial charge in [-0.25, -0.2) is 0 Å². The summed E-state index contributed by atoms with van der Waals surface area (Å²) in [6.45, 7) is 1.93. The standard InChI is InChI=1S/C6H16O3S2Si/c1-5(10)6(11)12(7-2,8-3)9-4/h5-6,10-11H,1-4H3. The lowest BCUT2D eigenvalue weighted by Crippen LogP contribution is -2.54. The lowest BCUT2D eigenvalue weighted by Gasteiger charge is -2.31. The second-order valence-electron chi connectivity index (χ2n) is 2.40. The Kier molecular flexibility index (Phi) is 5.88. The largest absolute Gasteiger partial charge is 0.514 e. The molecule has 12 heavy (non-hydrogen) atoms. The summed E-state index contributed by atoms with van der Waals surface area (Å²) in [4.78, 5) is -0.110.